The minimum absolute atomic E-state index is 0.0110. The number of nitrogens with zero attached hydrogens (tertiary/aromatic N) is 4. The van der Waals surface area contributed by atoms with Crippen LogP contribution in [0.3, 0.4) is 0 Å². The van der Waals surface area contributed by atoms with Gasteiger partial charge in [0.05, 0.1) is 12.8 Å². The van der Waals surface area contributed by atoms with Crippen LogP contribution in [0.1, 0.15) is 11.3 Å². The van der Waals surface area contributed by atoms with Gasteiger partial charge in [0.25, 0.3) is 5.52 Å². The maximum atomic E-state index is 12.1. The Hall–Kier alpha value is -3.65. The number of amides is 2. The van der Waals surface area contributed by atoms with Crippen molar-refractivity contribution in [2.75, 3.05) is 26.0 Å². The summed E-state index contributed by atoms with van der Waals surface area (Å²) < 4.78 is 5.37. The van der Waals surface area contributed by atoms with E-state index in [9.17, 15) is 15.2 Å². The molecular formula is C14H15N7O4. The number of carbonyl (C=O) groups is 1. The monoisotopic (exact) mass is 345 g/mol. The van der Waals surface area contributed by atoms with E-state index in [4.69, 9.17) is 15.7 Å². The third kappa shape index (κ3) is 3.82. The second kappa shape index (κ2) is 7.75. The summed E-state index contributed by atoms with van der Waals surface area (Å²) in [6.07, 6.45) is 1.29. The summed E-state index contributed by atoms with van der Waals surface area (Å²) in [6, 6.07) is 5.30. The molecule has 4 N–H and O–H groups in total. The Bertz CT molecular complexity index is 876. The van der Waals surface area contributed by atoms with Crippen molar-refractivity contribution < 1.29 is 19.0 Å². The molecule has 1 heterocycles. The molecule has 1 aromatic carbocycles. The highest BCUT2D eigenvalue weighted by atomic mass is 16.5. The minimum atomic E-state index is -0.520. The SMILES string of the molecule is COCCNC(=O)N/N=C/c1ccc2c(c1)[n+]([O-])c(N)c(C#N)[n+]2[O-]. The van der Waals surface area contributed by atoms with Gasteiger partial charge in [-0.3, -0.25) is 5.73 Å². The van der Waals surface area contributed by atoms with E-state index in [1.54, 1.807) is 6.07 Å². The molecule has 0 aliphatic heterocycles. The quantitative estimate of drug-likeness (QED) is 0.203. The van der Waals surface area contributed by atoms with Crippen LogP contribution in [0.2, 0.25) is 0 Å². The highest BCUT2D eigenvalue weighted by Gasteiger charge is 2.23. The van der Waals surface area contributed by atoms with Crippen LogP contribution >= 0.6 is 0 Å². The van der Waals surface area contributed by atoms with Crippen molar-refractivity contribution in [1.29, 1.82) is 5.26 Å². The molecule has 0 aliphatic rings. The molecule has 130 valence electrons. The normalized spacial score (nSPS) is 10.7. The van der Waals surface area contributed by atoms with Crippen LogP contribution in [-0.2, 0) is 4.74 Å². The third-order valence-electron chi connectivity index (χ3n) is 3.18. The van der Waals surface area contributed by atoms with Crippen LogP contribution < -0.4 is 25.9 Å². The molecule has 0 bridgehead atoms. The van der Waals surface area contributed by atoms with Gasteiger partial charge in [0.1, 0.15) is 0 Å². The Balaban J connectivity index is 2.22. The van der Waals surface area contributed by atoms with E-state index in [2.05, 4.69) is 15.8 Å². The Morgan fingerprint density at radius 1 is 1.44 bits per heavy atom. The molecule has 2 rings (SSSR count). The summed E-state index contributed by atoms with van der Waals surface area (Å²) in [5, 5.41) is 39.3. The first-order valence-electron chi connectivity index (χ1n) is 7.03. The van der Waals surface area contributed by atoms with E-state index in [0.717, 1.165) is 0 Å². The summed E-state index contributed by atoms with van der Waals surface area (Å²) in [4.78, 5) is 11.4. The van der Waals surface area contributed by atoms with Gasteiger partial charge in [-0.1, -0.05) is 0 Å². The van der Waals surface area contributed by atoms with Gasteiger partial charge in [0, 0.05) is 25.8 Å². The van der Waals surface area contributed by atoms with Gasteiger partial charge in [-0.05, 0) is 11.6 Å². The zero-order valence-electron chi connectivity index (χ0n) is 13.2. The van der Waals surface area contributed by atoms with Gasteiger partial charge in [0.2, 0.25) is 5.52 Å². The van der Waals surface area contributed by atoms with E-state index < -0.39 is 17.5 Å². The minimum Gasteiger partial charge on any atom is -0.710 e. The summed E-state index contributed by atoms with van der Waals surface area (Å²) in [7, 11) is 1.51. The molecule has 1 aromatic heterocycles. The molecule has 2 aromatic rings. The number of ether oxygens (including phenoxy) is 1. The Labute approximate surface area is 142 Å². The molecule has 0 radical (unpaired) electrons. The zero-order chi connectivity index (χ0) is 18.4. The van der Waals surface area contributed by atoms with Crippen molar-refractivity contribution in [2.45, 2.75) is 0 Å². The van der Waals surface area contributed by atoms with Crippen molar-refractivity contribution in [3.63, 3.8) is 0 Å². The van der Waals surface area contributed by atoms with E-state index in [1.165, 1.54) is 31.5 Å². The number of urea groups is 1. The fourth-order valence-electron chi connectivity index (χ4n) is 1.98. The first kappa shape index (κ1) is 17.7. The Morgan fingerprint density at radius 3 is 2.88 bits per heavy atom. The lowest BCUT2D eigenvalue weighted by Gasteiger charge is -2.10. The number of hydrogen-bond donors (Lipinski definition) is 3. The number of benzene rings is 1. The third-order valence-corrected chi connectivity index (χ3v) is 3.18. The standard InChI is InChI=1S/C14H15N7O4/c1-25-5-4-17-14(22)19-18-8-9-2-3-10-11(6-9)21(24)13(16)12(7-15)20(10)23/h2-3,6,8H,4-5,16H2,1H3,(H2,17,19,22)/b18-8+. The second-order valence-electron chi connectivity index (χ2n) is 4.80. The van der Waals surface area contributed by atoms with Crippen molar-refractivity contribution >= 4 is 29.1 Å². The number of hydrogen-bond acceptors (Lipinski definition) is 7. The first-order chi connectivity index (χ1) is 12.0. The molecule has 0 fully saturated rings. The van der Waals surface area contributed by atoms with Crippen LogP contribution in [-0.4, -0.2) is 32.5 Å². The molecule has 11 nitrogen and oxygen atoms in total. The van der Waals surface area contributed by atoms with Crippen LogP contribution in [0, 0.1) is 21.7 Å². The number of fused-ring (bicyclic) bond motifs is 1. The number of nitriles is 1. The van der Waals surface area contributed by atoms with Gasteiger partial charge in [0.15, 0.2) is 6.07 Å². The van der Waals surface area contributed by atoms with E-state index in [1.807, 2.05) is 0 Å². The molecule has 11 heteroatoms. The molecule has 0 saturated heterocycles. The molecule has 2 amide bonds. The summed E-state index contributed by atoms with van der Waals surface area (Å²) >= 11 is 0. The van der Waals surface area contributed by atoms with Gasteiger partial charge >= 0.3 is 17.5 Å². The predicted octanol–water partition coefficient (Wildman–Crippen LogP) is -1.16. The van der Waals surface area contributed by atoms with Crippen molar-refractivity contribution in [3.05, 3.63) is 39.9 Å². The van der Waals surface area contributed by atoms with Crippen LogP contribution in [0.4, 0.5) is 10.6 Å². The first-order valence-corrected chi connectivity index (χ1v) is 7.03. The lowest BCUT2D eigenvalue weighted by molar-refractivity contribution is -0.620. The number of methoxy groups -OCH3 is 1. The Morgan fingerprint density at radius 2 is 2.20 bits per heavy atom. The number of carbonyl (C=O) groups excluding carboxylic acids is 1. The second-order valence-corrected chi connectivity index (χ2v) is 4.80. The Kier molecular flexibility index (Phi) is 5.49. The van der Waals surface area contributed by atoms with Crippen LogP contribution in [0.5, 0.6) is 0 Å². The van der Waals surface area contributed by atoms with Gasteiger partial charge in [-0.15, -0.1) is 4.73 Å². The van der Waals surface area contributed by atoms with Gasteiger partial charge in [-0.25, -0.2) is 15.0 Å². The molecule has 0 spiro atoms. The molecule has 25 heavy (non-hydrogen) atoms. The van der Waals surface area contributed by atoms with Crippen LogP contribution in [0.15, 0.2) is 23.3 Å². The molecule has 0 atom stereocenters. The largest absolute Gasteiger partial charge is 0.710 e. The lowest BCUT2D eigenvalue weighted by Crippen LogP contribution is -2.43. The van der Waals surface area contributed by atoms with Gasteiger partial charge in [-0.2, -0.15) is 10.4 Å². The van der Waals surface area contributed by atoms with E-state index >= 15 is 0 Å². The summed E-state index contributed by atoms with van der Waals surface area (Å²) in [5.41, 5.74) is 7.67. The molecular weight excluding hydrogens is 330 g/mol. The highest BCUT2D eigenvalue weighted by molar-refractivity contribution is 5.86. The molecule has 0 unspecified atom stereocenters. The smallest absolute Gasteiger partial charge is 0.385 e. The fourth-order valence-corrected chi connectivity index (χ4v) is 1.98. The van der Waals surface area contributed by atoms with Crippen LogP contribution in [0.25, 0.3) is 11.0 Å². The number of aromatic nitrogens is 2. The van der Waals surface area contributed by atoms with E-state index in [-0.39, 0.29) is 11.0 Å². The topological polar surface area (TPSA) is 166 Å². The number of rotatable bonds is 5. The van der Waals surface area contributed by atoms with Crippen molar-refractivity contribution in [1.82, 2.24) is 10.7 Å². The maximum Gasteiger partial charge on any atom is 0.385 e. The average molecular weight is 345 g/mol. The van der Waals surface area contributed by atoms with E-state index in [0.29, 0.717) is 28.2 Å². The summed E-state index contributed by atoms with van der Waals surface area (Å²) in [6.45, 7) is 0.695. The zero-order valence-corrected chi connectivity index (χ0v) is 13.2. The highest BCUT2D eigenvalue weighted by Crippen LogP contribution is 2.11. The number of nitrogens with one attached hydrogen (secondary N) is 2. The fraction of sp³-hybridized carbons (Fsp3) is 0.214. The number of hydrazone groups is 1. The summed E-state index contributed by atoms with van der Waals surface area (Å²) in [5.74, 6) is -0.491. The number of anilines is 1. The maximum absolute atomic E-state index is 12.1. The molecule has 0 aliphatic carbocycles. The number of nitrogens with two attached hydrogens (primary N) is 1. The number of nitrogen functional groups attached to an aromatic ring is 1. The van der Waals surface area contributed by atoms with Crippen molar-refractivity contribution in [3.8, 4) is 6.07 Å². The van der Waals surface area contributed by atoms with Gasteiger partial charge < -0.3 is 20.5 Å². The molecule has 0 saturated carbocycles. The lowest BCUT2D eigenvalue weighted by atomic mass is 10.2. The predicted molar refractivity (Wildman–Crippen MR) is 87.0 cm³/mol. The average Bonchev–Trinajstić information content (AvgIpc) is 2.60. The van der Waals surface area contributed by atoms with Crippen molar-refractivity contribution in [2.24, 2.45) is 5.10 Å².